The lowest BCUT2D eigenvalue weighted by atomic mass is 10.0. The van der Waals surface area contributed by atoms with Crippen LogP contribution in [0.25, 0.3) is 0 Å². The predicted molar refractivity (Wildman–Crippen MR) is 70.8 cm³/mol. The van der Waals surface area contributed by atoms with Gasteiger partial charge in [0.25, 0.3) is 0 Å². The Morgan fingerprint density at radius 1 is 1.30 bits per heavy atom. The summed E-state index contributed by atoms with van der Waals surface area (Å²) < 4.78 is 44.1. The molecular formula is C14H19F3N2O. The summed E-state index contributed by atoms with van der Waals surface area (Å²) in [5.74, 6) is -0.385. The molecule has 0 aliphatic carbocycles. The third kappa shape index (κ3) is 3.64. The van der Waals surface area contributed by atoms with Gasteiger partial charge in [-0.3, -0.25) is 4.90 Å². The zero-order valence-electron chi connectivity index (χ0n) is 11.4. The van der Waals surface area contributed by atoms with Gasteiger partial charge in [-0.15, -0.1) is 0 Å². The molecule has 0 unspecified atom stereocenters. The largest absolute Gasteiger partial charge is 0.494 e. The van der Waals surface area contributed by atoms with Crippen molar-refractivity contribution in [2.45, 2.75) is 18.9 Å². The van der Waals surface area contributed by atoms with E-state index in [1.54, 1.807) is 6.07 Å². The van der Waals surface area contributed by atoms with Crippen molar-refractivity contribution >= 4 is 0 Å². The number of ether oxygens (including phenoxy) is 1. The summed E-state index contributed by atoms with van der Waals surface area (Å²) in [5, 5.41) is 3.19. The first-order valence-electron chi connectivity index (χ1n) is 6.68. The first-order chi connectivity index (χ1) is 9.61. The number of nitrogens with zero attached hydrogens (tertiary/aromatic N) is 1. The predicted octanol–water partition coefficient (Wildman–Crippen LogP) is 2.44. The van der Waals surface area contributed by atoms with E-state index in [-0.39, 0.29) is 12.2 Å². The Bertz CT molecular complexity index is 436. The fourth-order valence-electron chi connectivity index (χ4n) is 2.54. The summed E-state index contributed by atoms with van der Waals surface area (Å²) >= 11 is 0. The first-order valence-corrected chi connectivity index (χ1v) is 6.68. The van der Waals surface area contributed by atoms with Gasteiger partial charge in [-0.25, -0.2) is 13.2 Å². The Hall–Kier alpha value is -1.27. The first kappa shape index (κ1) is 15.1. The van der Waals surface area contributed by atoms with Crippen LogP contribution >= 0.6 is 0 Å². The molecule has 0 radical (unpaired) electrons. The normalized spacial score (nSPS) is 18.2. The Balaban J connectivity index is 2.24. The number of hydrogen-bond acceptors (Lipinski definition) is 3. The highest BCUT2D eigenvalue weighted by atomic mass is 19.3. The molecule has 0 amide bonds. The molecule has 1 heterocycles. The molecule has 3 nitrogen and oxygen atoms in total. The fourth-order valence-corrected chi connectivity index (χ4v) is 2.54. The Morgan fingerprint density at radius 3 is 2.60 bits per heavy atom. The molecule has 20 heavy (non-hydrogen) atoms. The second kappa shape index (κ2) is 6.95. The number of methoxy groups -OCH3 is 1. The Kier molecular flexibility index (Phi) is 5.25. The molecule has 2 rings (SSSR count). The molecule has 1 aromatic carbocycles. The number of benzene rings is 1. The van der Waals surface area contributed by atoms with Gasteiger partial charge >= 0.3 is 0 Å². The smallest absolute Gasteiger partial charge is 0.240 e. The van der Waals surface area contributed by atoms with E-state index in [0.717, 1.165) is 13.1 Å². The standard InChI is InChI=1S/C14H19F3N2O/c1-20-13-8-10(2-3-11(13)15)12(9-14(16)17)19-6-4-18-5-7-19/h2-3,8,12,14,18H,4-7,9H2,1H3/t12-/m1/s1. The van der Waals surface area contributed by atoms with E-state index in [1.807, 2.05) is 4.90 Å². The molecule has 1 aliphatic heterocycles. The van der Waals surface area contributed by atoms with Gasteiger partial charge in [0.15, 0.2) is 11.6 Å². The van der Waals surface area contributed by atoms with Crippen LogP contribution in [0.5, 0.6) is 5.75 Å². The third-order valence-electron chi connectivity index (χ3n) is 3.55. The fraction of sp³-hybridized carbons (Fsp3) is 0.571. The van der Waals surface area contributed by atoms with E-state index in [9.17, 15) is 13.2 Å². The minimum Gasteiger partial charge on any atom is -0.494 e. The van der Waals surface area contributed by atoms with Crippen molar-refractivity contribution in [1.82, 2.24) is 10.2 Å². The molecule has 6 heteroatoms. The summed E-state index contributed by atoms with van der Waals surface area (Å²) in [6.45, 7) is 2.96. The summed E-state index contributed by atoms with van der Waals surface area (Å²) in [4.78, 5) is 2.01. The van der Waals surface area contributed by atoms with Crippen molar-refractivity contribution in [1.29, 1.82) is 0 Å². The van der Waals surface area contributed by atoms with Crippen LogP contribution in [0.1, 0.15) is 18.0 Å². The summed E-state index contributed by atoms with van der Waals surface area (Å²) in [5.41, 5.74) is 0.672. The Labute approximate surface area is 116 Å². The van der Waals surface area contributed by atoms with Crippen molar-refractivity contribution in [2.24, 2.45) is 0 Å². The van der Waals surface area contributed by atoms with Crippen molar-refractivity contribution in [2.75, 3.05) is 33.3 Å². The molecular weight excluding hydrogens is 269 g/mol. The minimum absolute atomic E-state index is 0.0944. The second-order valence-electron chi connectivity index (χ2n) is 4.82. The van der Waals surface area contributed by atoms with Crippen LogP contribution in [0.4, 0.5) is 13.2 Å². The van der Waals surface area contributed by atoms with Crippen molar-refractivity contribution in [3.63, 3.8) is 0 Å². The molecule has 1 fully saturated rings. The van der Waals surface area contributed by atoms with E-state index < -0.39 is 18.3 Å². The van der Waals surface area contributed by atoms with Crippen LogP contribution < -0.4 is 10.1 Å². The average Bonchev–Trinajstić information content (AvgIpc) is 2.46. The second-order valence-corrected chi connectivity index (χ2v) is 4.82. The van der Waals surface area contributed by atoms with Gasteiger partial charge in [-0.2, -0.15) is 0 Å². The number of rotatable bonds is 5. The number of hydrogen-bond donors (Lipinski definition) is 1. The maximum absolute atomic E-state index is 13.4. The van der Waals surface area contributed by atoms with Crippen LogP contribution in [0.3, 0.4) is 0 Å². The van der Waals surface area contributed by atoms with Crippen molar-refractivity contribution in [3.8, 4) is 5.75 Å². The zero-order chi connectivity index (χ0) is 14.5. The van der Waals surface area contributed by atoms with Gasteiger partial charge in [0, 0.05) is 38.6 Å². The van der Waals surface area contributed by atoms with E-state index in [1.165, 1.54) is 19.2 Å². The van der Waals surface area contributed by atoms with Gasteiger partial charge in [0.2, 0.25) is 6.43 Å². The maximum Gasteiger partial charge on any atom is 0.240 e. The van der Waals surface area contributed by atoms with Crippen molar-refractivity contribution < 1.29 is 17.9 Å². The highest BCUT2D eigenvalue weighted by Crippen LogP contribution is 2.31. The van der Waals surface area contributed by atoms with Crippen LogP contribution in [0.15, 0.2) is 18.2 Å². The van der Waals surface area contributed by atoms with Gasteiger partial charge < -0.3 is 10.1 Å². The molecule has 112 valence electrons. The lowest BCUT2D eigenvalue weighted by molar-refractivity contribution is 0.0738. The lowest BCUT2D eigenvalue weighted by Crippen LogP contribution is -2.45. The van der Waals surface area contributed by atoms with Gasteiger partial charge in [0.1, 0.15) is 0 Å². The van der Waals surface area contributed by atoms with Gasteiger partial charge in [0.05, 0.1) is 7.11 Å². The molecule has 1 saturated heterocycles. The molecule has 0 saturated carbocycles. The number of alkyl halides is 2. The van der Waals surface area contributed by atoms with E-state index >= 15 is 0 Å². The molecule has 1 aromatic rings. The number of piperazine rings is 1. The van der Waals surface area contributed by atoms with Crippen molar-refractivity contribution in [3.05, 3.63) is 29.6 Å². The molecule has 0 bridgehead atoms. The number of halogens is 3. The highest BCUT2D eigenvalue weighted by molar-refractivity contribution is 5.32. The number of nitrogens with one attached hydrogen (secondary N) is 1. The molecule has 1 aliphatic rings. The maximum atomic E-state index is 13.4. The summed E-state index contributed by atoms with van der Waals surface area (Å²) in [7, 11) is 1.37. The van der Waals surface area contributed by atoms with E-state index in [4.69, 9.17) is 4.74 Å². The van der Waals surface area contributed by atoms with Crippen LogP contribution in [0.2, 0.25) is 0 Å². The quantitative estimate of drug-likeness (QED) is 0.900. The summed E-state index contributed by atoms with van der Waals surface area (Å²) in [6.07, 6.45) is -2.65. The zero-order valence-corrected chi connectivity index (χ0v) is 11.4. The topological polar surface area (TPSA) is 24.5 Å². The van der Waals surface area contributed by atoms with E-state index in [2.05, 4.69) is 5.32 Å². The van der Waals surface area contributed by atoms with Crippen LogP contribution in [-0.4, -0.2) is 44.6 Å². The van der Waals surface area contributed by atoms with E-state index in [0.29, 0.717) is 18.7 Å². The van der Waals surface area contributed by atoms with Gasteiger partial charge in [-0.1, -0.05) is 6.07 Å². The van der Waals surface area contributed by atoms with Crippen LogP contribution in [0, 0.1) is 5.82 Å². The molecule has 1 atom stereocenters. The van der Waals surface area contributed by atoms with Gasteiger partial charge in [-0.05, 0) is 17.7 Å². The third-order valence-corrected chi connectivity index (χ3v) is 3.55. The Morgan fingerprint density at radius 2 is 2.00 bits per heavy atom. The highest BCUT2D eigenvalue weighted by Gasteiger charge is 2.26. The lowest BCUT2D eigenvalue weighted by Gasteiger charge is -2.35. The summed E-state index contributed by atoms with van der Waals surface area (Å²) in [6, 6.07) is 3.94. The molecule has 1 N–H and O–H groups in total. The molecule has 0 spiro atoms. The SMILES string of the molecule is COc1cc([C@@H](CC(F)F)N2CCNCC2)ccc1F. The minimum atomic E-state index is -2.40. The monoisotopic (exact) mass is 288 g/mol. The molecule has 0 aromatic heterocycles. The average molecular weight is 288 g/mol. The van der Waals surface area contributed by atoms with Crippen LogP contribution in [-0.2, 0) is 0 Å².